The number of rotatable bonds is 10. The fourth-order valence-electron chi connectivity index (χ4n) is 4.24. The van der Waals surface area contributed by atoms with Crippen LogP contribution in [0.1, 0.15) is 36.6 Å². The SMILES string of the molecule is C[C@@]1(CCc2ccccc2)NC(=O)N(NC(=O)CN(Cc2cccs2)C[C@H]2CCCO2)C1=O. The van der Waals surface area contributed by atoms with Crippen LogP contribution in [0.5, 0.6) is 0 Å². The lowest BCUT2D eigenvalue weighted by atomic mass is 9.93. The Bertz CT molecular complexity index is 962. The Balaban J connectivity index is 1.35. The number of thiophene rings is 1. The topological polar surface area (TPSA) is 91.0 Å². The molecule has 176 valence electrons. The molecule has 2 fully saturated rings. The Labute approximate surface area is 197 Å². The normalized spacial score (nSPS) is 22.7. The minimum absolute atomic E-state index is 0.0650. The zero-order valence-corrected chi connectivity index (χ0v) is 19.6. The summed E-state index contributed by atoms with van der Waals surface area (Å²) in [5.41, 5.74) is 2.54. The van der Waals surface area contributed by atoms with Crippen LogP contribution in [0, 0.1) is 0 Å². The number of carbonyl (C=O) groups is 3. The number of urea groups is 1. The number of benzene rings is 1. The molecule has 0 saturated carbocycles. The van der Waals surface area contributed by atoms with Crippen molar-refractivity contribution in [2.75, 3.05) is 19.7 Å². The second-order valence-corrected chi connectivity index (χ2v) is 9.84. The first kappa shape index (κ1) is 23.4. The number of nitrogens with zero attached hydrogens (tertiary/aromatic N) is 2. The van der Waals surface area contributed by atoms with Gasteiger partial charge in [-0.05, 0) is 49.6 Å². The molecule has 1 aromatic heterocycles. The molecular weight excluding hydrogens is 440 g/mol. The summed E-state index contributed by atoms with van der Waals surface area (Å²) in [6.07, 6.45) is 3.16. The average molecular weight is 471 g/mol. The van der Waals surface area contributed by atoms with Gasteiger partial charge in [0, 0.05) is 24.6 Å². The van der Waals surface area contributed by atoms with Crippen molar-refractivity contribution < 1.29 is 19.1 Å². The van der Waals surface area contributed by atoms with Gasteiger partial charge in [-0.1, -0.05) is 36.4 Å². The summed E-state index contributed by atoms with van der Waals surface area (Å²) in [7, 11) is 0. The summed E-state index contributed by atoms with van der Waals surface area (Å²) in [5.74, 6) is -0.846. The van der Waals surface area contributed by atoms with E-state index < -0.39 is 23.4 Å². The van der Waals surface area contributed by atoms with E-state index in [0.717, 1.165) is 34.9 Å². The summed E-state index contributed by atoms with van der Waals surface area (Å²) in [6, 6.07) is 13.2. The molecule has 8 nitrogen and oxygen atoms in total. The van der Waals surface area contributed by atoms with Gasteiger partial charge in [-0.3, -0.25) is 19.9 Å². The lowest BCUT2D eigenvalue weighted by Crippen LogP contribution is -2.51. The molecule has 3 heterocycles. The maximum absolute atomic E-state index is 13.0. The summed E-state index contributed by atoms with van der Waals surface area (Å²) < 4.78 is 5.74. The number of hydrazine groups is 1. The van der Waals surface area contributed by atoms with Crippen molar-refractivity contribution in [1.29, 1.82) is 0 Å². The largest absolute Gasteiger partial charge is 0.377 e. The molecule has 33 heavy (non-hydrogen) atoms. The van der Waals surface area contributed by atoms with Crippen LogP contribution in [0.3, 0.4) is 0 Å². The molecule has 2 aliphatic heterocycles. The van der Waals surface area contributed by atoms with Gasteiger partial charge in [0.1, 0.15) is 5.54 Å². The van der Waals surface area contributed by atoms with Gasteiger partial charge in [0.2, 0.25) is 0 Å². The first-order chi connectivity index (χ1) is 15.9. The first-order valence-corrected chi connectivity index (χ1v) is 12.2. The third-order valence-electron chi connectivity index (χ3n) is 6.07. The lowest BCUT2D eigenvalue weighted by Gasteiger charge is -2.25. The Morgan fingerprint density at radius 1 is 1.27 bits per heavy atom. The van der Waals surface area contributed by atoms with Crippen molar-refractivity contribution in [1.82, 2.24) is 20.7 Å². The minimum atomic E-state index is -1.06. The molecule has 2 aliphatic rings. The number of hydrogen-bond acceptors (Lipinski definition) is 6. The molecule has 0 aliphatic carbocycles. The van der Waals surface area contributed by atoms with E-state index in [1.807, 2.05) is 52.7 Å². The fourth-order valence-corrected chi connectivity index (χ4v) is 4.99. The third kappa shape index (κ3) is 5.98. The molecular formula is C24H30N4O4S. The third-order valence-corrected chi connectivity index (χ3v) is 6.93. The number of hydrogen-bond donors (Lipinski definition) is 2. The quantitative estimate of drug-likeness (QED) is 0.521. The van der Waals surface area contributed by atoms with Crippen molar-refractivity contribution >= 4 is 29.2 Å². The number of carbonyl (C=O) groups excluding carboxylic acids is 3. The average Bonchev–Trinajstić information content (AvgIpc) is 3.54. The molecule has 4 rings (SSSR count). The molecule has 4 amide bonds. The van der Waals surface area contributed by atoms with E-state index >= 15 is 0 Å². The monoisotopic (exact) mass is 470 g/mol. The maximum atomic E-state index is 13.0. The van der Waals surface area contributed by atoms with Crippen LogP contribution in [-0.4, -0.2) is 59.1 Å². The van der Waals surface area contributed by atoms with Crippen LogP contribution in [0.4, 0.5) is 4.79 Å². The van der Waals surface area contributed by atoms with Gasteiger partial charge in [0.05, 0.1) is 12.6 Å². The highest BCUT2D eigenvalue weighted by atomic mass is 32.1. The first-order valence-electron chi connectivity index (χ1n) is 11.3. The van der Waals surface area contributed by atoms with E-state index in [1.54, 1.807) is 18.3 Å². The number of aryl methyl sites for hydroxylation is 1. The molecule has 9 heteroatoms. The van der Waals surface area contributed by atoms with Crippen LogP contribution in [0.15, 0.2) is 47.8 Å². The van der Waals surface area contributed by atoms with Gasteiger partial charge in [-0.2, -0.15) is 5.01 Å². The highest BCUT2D eigenvalue weighted by molar-refractivity contribution is 7.09. The van der Waals surface area contributed by atoms with E-state index in [2.05, 4.69) is 10.7 Å². The lowest BCUT2D eigenvalue weighted by molar-refractivity contribution is -0.139. The van der Waals surface area contributed by atoms with Crippen LogP contribution in [0.25, 0.3) is 0 Å². The van der Waals surface area contributed by atoms with Crippen molar-refractivity contribution in [3.05, 3.63) is 58.3 Å². The Morgan fingerprint density at radius 3 is 2.79 bits per heavy atom. The van der Waals surface area contributed by atoms with Crippen LogP contribution in [0.2, 0.25) is 0 Å². The van der Waals surface area contributed by atoms with E-state index in [1.165, 1.54) is 0 Å². The summed E-state index contributed by atoms with van der Waals surface area (Å²) in [4.78, 5) is 41.5. The van der Waals surface area contributed by atoms with Crippen molar-refractivity contribution in [2.45, 2.75) is 50.8 Å². The molecule has 0 unspecified atom stereocenters. The summed E-state index contributed by atoms with van der Waals surface area (Å²) in [6.45, 7) is 3.74. The molecule has 0 spiro atoms. The van der Waals surface area contributed by atoms with E-state index in [-0.39, 0.29) is 12.6 Å². The highest BCUT2D eigenvalue weighted by Crippen LogP contribution is 2.22. The summed E-state index contributed by atoms with van der Waals surface area (Å²) in [5, 5.41) is 5.57. The molecule has 0 bridgehead atoms. The number of imide groups is 1. The number of amides is 4. The van der Waals surface area contributed by atoms with Gasteiger partial charge < -0.3 is 10.1 Å². The zero-order chi connectivity index (χ0) is 23.3. The summed E-state index contributed by atoms with van der Waals surface area (Å²) >= 11 is 1.63. The Hall–Kier alpha value is -2.75. The van der Waals surface area contributed by atoms with Crippen LogP contribution >= 0.6 is 11.3 Å². The van der Waals surface area contributed by atoms with E-state index in [9.17, 15) is 14.4 Å². The molecule has 0 radical (unpaired) electrons. The van der Waals surface area contributed by atoms with Gasteiger partial charge in [0.25, 0.3) is 11.8 Å². The minimum Gasteiger partial charge on any atom is -0.377 e. The van der Waals surface area contributed by atoms with Gasteiger partial charge in [-0.15, -0.1) is 11.3 Å². The van der Waals surface area contributed by atoms with Gasteiger partial charge in [-0.25, -0.2) is 4.79 Å². The van der Waals surface area contributed by atoms with E-state index in [4.69, 9.17) is 4.74 Å². The highest BCUT2D eigenvalue weighted by Gasteiger charge is 2.48. The zero-order valence-electron chi connectivity index (χ0n) is 18.8. The van der Waals surface area contributed by atoms with E-state index in [0.29, 0.717) is 25.9 Å². The smallest absolute Gasteiger partial charge is 0.344 e. The standard InChI is InChI=1S/C24H30N4O4S/c1-24(12-11-18-7-3-2-4-8-18)22(30)28(23(31)25-24)26-21(29)17-27(15-19-9-5-13-32-19)16-20-10-6-14-33-20/h2-4,6-8,10,14,19H,5,9,11-13,15-17H2,1H3,(H,25,31)(H,26,29)/t19-,24+/m1/s1. The molecule has 2 atom stereocenters. The van der Waals surface area contributed by atoms with Crippen molar-refractivity contribution in [3.8, 4) is 0 Å². The number of nitrogens with one attached hydrogen (secondary N) is 2. The number of ether oxygens (including phenoxy) is 1. The van der Waals surface area contributed by atoms with Crippen molar-refractivity contribution in [2.24, 2.45) is 0 Å². The van der Waals surface area contributed by atoms with Crippen molar-refractivity contribution in [3.63, 3.8) is 0 Å². The molecule has 1 aromatic carbocycles. The van der Waals surface area contributed by atoms with Gasteiger partial charge in [0.15, 0.2) is 0 Å². The predicted molar refractivity (Wildman–Crippen MR) is 125 cm³/mol. The van der Waals surface area contributed by atoms with Crippen LogP contribution in [-0.2, 0) is 27.3 Å². The maximum Gasteiger partial charge on any atom is 0.344 e. The predicted octanol–water partition coefficient (Wildman–Crippen LogP) is 2.70. The second kappa shape index (κ2) is 10.5. The Kier molecular flexibility index (Phi) is 7.42. The molecule has 2 saturated heterocycles. The molecule has 2 aromatic rings. The second-order valence-electron chi connectivity index (χ2n) is 8.81. The van der Waals surface area contributed by atoms with Gasteiger partial charge >= 0.3 is 6.03 Å². The molecule has 2 N–H and O–H groups in total. The Morgan fingerprint density at radius 2 is 2.09 bits per heavy atom. The van der Waals surface area contributed by atoms with Crippen LogP contribution < -0.4 is 10.7 Å². The fraction of sp³-hybridized carbons (Fsp3) is 0.458.